The zero-order chi connectivity index (χ0) is 16.5. The molecule has 0 saturated carbocycles. The Morgan fingerprint density at radius 2 is 1.62 bits per heavy atom. The van der Waals surface area contributed by atoms with Gasteiger partial charge in [-0.05, 0) is 46.7 Å². The molecule has 1 aliphatic heterocycles. The molecule has 0 N–H and O–H groups in total. The summed E-state index contributed by atoms with van der Waals surface area (Å²) in [4.78, 5) is 14.3. The molecule has 1 aliphatic rings. The van der Waals surface area contributed by atoms with E-state index in [1.807, 2.05) is 36.4 Å². The lowest BCUT2D eigenvalue weighted by atomic mass is 9.97. The van der Waals surface area contributed by atoms with E-state index in [-0.39, 0.29) is 5.97 Å². The van der Waals surface area contributed by atoms with Gasteiger partial charge in [0, 0.05) is 11.4 Å². The summed E-state index contributed by atoms with van der Waals surface area (Å²) in [6.45, 7) is 0.502. The first-order valence-electron chi connectivity index (χ1n) is 7.90. The van der Waals surface area contributed by atoms with Crippen molar-refractivity contribution < 1.29 is 9.53 Å². The van der Waals surface area contributed by atoms with Gasteiger partial charge in [0.2, 0.25) is 0 Å². The van der Waals surface area contributed by atoms with Crippen molar-refractivity contribution in [2.75, 3.05) is 18.6 Å². The number of anilines is 2. The Morgan fingerprint density at radius 1 is 0.958 bits per heavy atom. The average molecular weight is 315 g/mol. The van der Waals surface area contributed by atoms with Crippen LogP contribution >= 0.6 is 0 Å². The zero-order valence-electron chi connectivity index (χ0n) is 13.4. The molecule has 3 aromatic rings. The Labute approximate surface area is 140 Å². The molecule has 1 heterocycles. The van der Waals surface area contributed by atoms with E-state index in [4.69, 9.17) is 4.74 Å². The maximum absolute atomic E-state index is 12.1. The van der Waals surface area contributed by atoms with Crippen LogP contribution < -0.4 is 4.90 Å². The lowest BCUT2D eigenvalue weighted by Crippen LogP contribution is -2.27. The van der Waals surface area contributed by atoms with Gasteiger partial charge < -0.3 is 9.64 Å². The van der Waals surface area contributed by atoms with E-state index >= 15 is 0 Å². The number of esters is 1. The predicted molar refractivity (Wildman–Crippen MR) is 97.4 cm³/mol. The van der Waals surface area contributed by atoms with E-state index in [0.29, 0.717) is 12.1 Å². The first-order chi connectivity index (χ1) is 11.8. The topological polar surface area (TPSA) is 29.5 Å². The molecule has 4 rings (SSSR count). The predicted octanol–water partition coefficient (Wildman–Crippen LogP) is 4.55. The number of nitrogens with zero attached hydrogens (tertiary/aromatic N) is 1. The number of hydrogen-bond donors (Lipinski definition) is 0. The Hall–Kier alpha value is -3.07. The minimum Gasteiger partial charge on any atom is -0.466 e. The summed E-state index contributed by atoms with van der Waals surface area (Å²) in [6, 6.07) is 22.7. The Morgan fingerprint density at radius 3 is 2.33 bits per heavy atom. The largest absolute Gasteiger partial charge is 0.466 e. The highest BCUT2D eigenvalue weighted by Gasteiger charge is 2.24. The molecule has 0 radical (unpaired) electrons. The smallest absolute Gasteiger partial charge is 0.335 e. The van der Waals surface area contributed by atoms with Gasteiger partial charge in [-0.1, -0.05) is 42.5 Å². The second-order valence-corrected chi connectivity index (χ2v) is 5.84. The van der Waals surface area contributed by atoms with Crippen molar-refractivity contribution in [3.63, 3.8) is 0 Å². The second kappa shape index (κ2) is 5.85. The summed E-state index contributed by atoms with van der Waals surface area (Å²) in [5.41, 5.74) is 3.85. The molecule has 3 heteroatoms. The molecule has 0 bridgehead atoms. The SMILES string of the molecule is COC(=O)C1=Cc2cc3ccccc3cc2N(c2ccccc2)C1. The monoisotopic (exact) mass is 315 g/mol. The highest BCUT2D eigenvalue weighted by atomic mass is 16.5. The number of methoxy groups -OCH3 is 1. The normalized spacial score (nSPS) is 13.4. The Bertz CT molecular complexity index is 944. The first kappa shape index (κ1) is 14.5. The van der Waals surface area contributed by atoms with Gasteiger partial charge in [-0.25, -0.2) is 4.79 Å². The van der Waals surface area contributed by atoms with Gasteiger partial charge in [-0.15, -0.1) is 0 Å². The molecule has 0 amide bonds. The fraction of sp³-hybridized carbons (Fsp3) is 0.0952. The summed E-state index contributed by atoms with van der Waals surface area (Å²) in [6.07, 6.45) is 1.94. The van der Waals surface area contributed by atoms with E-state index in [0.717, 1.165) is 22.3 Å². The Balaban J connectivity index is 1.93. The number of hydrogen-bond acceptors (Lipinski definition) is 3. The van der Waals surface area contributed by atoms with E-state index in [1.54, 1.807) is 0 Å². The molecule has 0 atom stereocenters. The van der Waals surface area contributed by atoms with Crippen LogP contribution in [0.15, 0.2) is 72.3 Å². The van der Waals surface area contributed by atoms with Crippen LogP contribution in [-0.4, -0.2) is 19.6 Å². The van der Waals surface area contributed by atoms with Gasteiger partial charge in [-0.2, -0.15) is 0 Å². The highest BCUT2D eigenvalue weighted by Crippen LogP contribution is 2.37. The van der Waals surface area contributed by atoms with Crippen LogP contribution in [-0.2, 0) is 9.53 Å². The third kappa shape index (κ3) is 2.44. The summed E-state index contributed by atoms with van der Waals surface area (Å²) < 4.78 is 4.94. The molecular formula is C21H17NO2. The fourth-order valence-electron chi connectivity index (χ4n) is 3.18. The molecule has 0 unspecified atom stereocenters. The van der Waals surface area contributed by atoms with Crippen molar-refractivity contribution in [1.29, 1.82) is 0 Å². The number of rotatable bonds is 2. The minimum atomic E-state index is -0.283. The molecule has 0 aromatic heterocycles. The maximum atomic E-state index is 12.1. The molecule has 0 saturated heterocycles. The summed E-state index contributed by atoms with van der Waals surface area (Å²) in [7, 11) is 1.42. The lowest BCUT2D eigenvalue weighted by molar-refractivity contribution is -0.136. The molecule has 0 aliphatic carbocycles. The molecule has 0 fully saturated rings. The van der Waals surface area contributed by atoms with Gasteiger partial charge in [0.1, 0.15) is 0 Å². The van der Waals surface area contributed by atoms with E-state index in [9.17, 15) is 4.79 Å². The Kier molecular flexibility index (Phi) is 3.54. The number of carbonyl (C=O) groups excluding carboxylic acids is 1. The molecular weight excluding hydrogens is 298 g/mol. The van der Waals surface area contributed by atoms with Crippen LogP contribution in [0.25, 0.3) is 16.8 Å². The fourth-order valence-corrected chi connectivity index (χ4v) is 3.18. The second-order valence-electron chi connectivity index (χ2n) is 5.84. The van der Waals surface area contributed by atoms with Gasteiger partial charge >= 0.3 is 5.97 Å². The van der Waals surface area contributed by atoms with Crippen LogP contribution in [0.3, 0.4) is 0 Å². The van der Waals surface area contributed by atoms with Crippen molar-refractivity contribution in [3.8, 4) is 0 Å². The average Bonchev–Trinajstić information content (AvgIpc) is 2.65. The number of para-hydroxylation sites is 1. The van der Waals surface area contributed by atoms with Gasteiger partial charge in [0.15, 0.2) is 0 Å². The standard InChI is InChI=1S/C21H17NO2/c1-24-21(23)18-12-17-11-15-7-5-6-8-16(15)13-20(17)22(14-18)19-9-3-2-4-10-19/h2-13H,14H2,1H3. The molecule has 3 nitrogen and oxygen atoms in total. The van der Waals surface area contributed by atoms with E-state index < -0.39 is 0 Å². The van der Waals surface area contributed by atoms with Gasteiger partial charge in [-0.3, -0.25) is 0 Å². The van der Waals surface area contributed by atoms with Crippen LogP contribution in [0.1, 0.15) is 5.56 Å². The third-order valence-corrected chi connectivity index (χ3v) is 4.36. The van der Waals surface area contributed by atoms with E-state index in [2.05, 4.69) is 41.3 Å². The molecule has 0 spiro atoms. The van der Waals surface area contributed by atoms with Gasteiger partial charge in [0.05, 0.1) is 19.2 Å². The van der Waals surface area contributed by atoms with Crippen LogP contribution in [0.4, 0.5) is 11.4 Å². The van der Waals surface area contributed by atoms with Crippen molar-refractivity contribution in [3.05, 3.63) is 77.9 Å². The van der Waals surface area contributed by atoms with Crippen molar-refractivity contribution in [2.24, 2.45) is 0 Å². The van der Waals surface area contributed by atoms with Crippen LogP contribution in [0, 0.1) is 0 Å². The van der Waals surface area contributed by atoms with Crippen LogP contribution in [0.2, 0.25) is 0 Å². The van der Waals surface area contributed by atoms with Crippen LogP contribution in [0.5, 0.6) is 0 Å². The van der Waals surface area contributed by atoms with Crippen molar-refractivity contribution >= 4 is 34.2 Å². The van der Waals surface area contributed by atoms with Gasteiger partial charge in [0.25, 0.3) is 0 Å². The molecule has 3 aromatic carbocycles. The first-order valence-corrected chi connectivity index (χ1v) is 7.90. The molecule has 24 heavy (non-hydrogen) atoms. The van der Waals surface area contributed by atoms with E-state index in [1.165, 1.54) is 12.5 Å². The number of ether oxygens (including phenoxy) is 1. The quantitative estimate of drug-likeness (QED) is 0.650. The maximum Gasteiger partial charge on any atom is 0.335 e. The zero-order valence-corrected chi connectivity index (χ0v) is 13.4. The third-order valence-electron chi connectivity index (χ3n) is 4.36. The highest BCUT2D eigenvalue weighted by molar-refractivity contribution is 6.01. The number of benzene rings is 3. The lowest BCUT2D eigenvalue weighted by Gasteiger charge is -2.31. The van der Waals surface area contributed by atoms with Crippen molar-refractivity contribution in [1.82, 2.24) is 0 Å². The minimum absolute atomic E-state index is 0.283. The van der Waals surface area contributed by atoms with Crippen molar-refractivity contribution in [2.45, 2.75) is 0 Å². The molecule has 118 valence electrons. The number of fused-ring (bicyclic) bond motifs is 2. The summed E-state index contributed by atoms with van der Waals surface area (Å²) in [5.74, 6) is -0.283. The summed E-state index contributed by atoms with van der Waals surface area (Å²) in [5, 5.41) is 2.35. The summed E-state index contributed by atoms with van der Waals surface area (Å²) >= 11 is 0. The number of carbonyl (C=O) groups is 1.